The van der Waals surface area contributed by atoms with Crippen LogP contribution in [0.5, 0.6) is 0 Å². The molecule has 0 saturated carbocycles. The molecule has 686 valence electrons. The van der Waals surface area contributed by atoms with Crippen LogP contribution in [-0.4, -0.2) is 56.1 Å². The molecule has 0 radical (unpaired) electrons. The molecular weight excluding hydrogens is 1790 g/mol. The summed E-state index contributed by atoms with van der Waals surface area (Å²) in [5, 5.41) is 20.8. The summed E-state index contributed by atoms with van der Waals surface area (Å²) in [6, 6.07) is 179. The minimum atomic E-state index is 0.965. The minimum absolute atomic E-state index is 0.965. The van der Waals surface area contributed by atoms with Gasteiger partial charge in [-0.05, 0) is 235 Å². The molecule has 12 heterocycles. The second-order valence-electron chi connectivity index (χ2n) is 38.1. The van der Waals surface area contributed by atoms with Gasteiger partial charge in [-0.1, -0.05) is 285 Å². The Hall–Kier alpha value is -20.0. The van der Waals surface area contributed by atoms with Gasteiger partial charge in [-0.25, -0.2) is 4.98 Å². The Labute approximate surface area is 842 Å². The molecule has 0 fully saturated rings. The van der Waals surface area contributed by atoms with Crippen molar-refractivity contribution in [2.45, 2.75) is 0 Å². The first-order valence-electron chi connectivity index (χ1n) is 50.1. The number of fused-ring (bicyclic) bond motifs is 30. The van der Waals surface area contributed by atoms with E-state index in [1.54, 1.807) is 0 Å². The molecule has 12 heteroatoms. The van der Waals surface area contributed by atoms with Gasteiger partial charge < -0.3 is 36.5 Å². The highest BCUT2D eigenvalue weighted by atomic mass is 15.1. The second-order valence-corrected chi connectivity index (χ2v) is 38.1. The average Bonchev–Trinajstić information content (AvgIpc) is 1.55. The fraction of sp³-hybridized carbons (Fsp3) is 0. The van der Waals surface area contributed by atoms with E-state index in [0.717, 1.165) is 106 Å². The Morgan fingerprint density at radius 1 is 0.136 bits per heavy atom. The van der Waals surface area contributed by atoms with Crippen LogP contribution in [0, 0.1) is 0 Å². The van der Waals surface area contributed by atoms with E-state index in [0.29, 0.717) is 0 Å². The smallest absolute Gasteiger partial charge is 0.145 e. The van der Waals surface area contributed by atoms with E-state index in [4.69, 9.17) is 9.97 Å². The van der Waals surface area contributed by atoms with Gasteiger partial charge >= 0.3 is 0 Å². The first-order valence-corrected chi connectivity index (χ1v) is 50.1. The fourth-order valence-electron chi connectivity index (χ4n) is 24.1. The van der Waals surface area contributed by atoms with Crippen molar-refractivity contribution in [1.82, 2.24) is 56.1 Å². The normalized spacial score (nSPS) is 11.9. The van der Waals surface area contributed by atoms with Crippen molar-refractivity contribution >= 4 is 197 Å². The highest BCUT2D eigenvalue weighted by molar-refractivity contribution is 6.30. The topological polar surface area (TPSA) is 83.0 Å². The maximum atomic E-state index is 4.91. The largest absolute Gasteiger partial charge is 0.309 e. The number of hydrogen-bond acceptors (Lipinski definition) is 3. The van der Waals surface area contributed by atoms with Gasteiger partial charge in [-0.3, -0.25) is 14.5 Å². The first kappa shape index (κ1) is 82.9. The van der Waals surface area contributed by atoms with Gasteiger partial charge in [-0.15, -0.1) is 0 Å². The van der Waals surface area contributed by atoms with Crippen molar-refractivity contribution in [3.05, 3.63) is 522 Å². The Balaban J connectivity index is 0.000000102. The summed E-state index contributed by atoms with van der Waals surface area (Å²) in [6.45, 7) is 0. The lowest BCUT2D eigenvalue weighted by atomic mass is 10.1. The summed E-state index contributed by atoms with van der Waals surface area (Å²) >= 11 is 0. The molecule has 0 aliphatic rings. The molecule has 0 unspecified atom stereocenters. The van der Waals surface area contributed by atoms with Gasteiger partial charge in [0, 0.05) is 168 Å². The van der Waals surface area contributed by atoms with Crippen LogP contribution in [0.15, 0.2) is 522 Å². The van der Waals surface area contributed by atoms with Crippen molar-refractivity contribution in [2.24, 2.45) is 0 Å². The monoisotopic (exact) mass is 1870 g/mol. The molecule has 0 amide bonds. The predicted molar refractivity (Wildman–Crippen MR) is 613 cm³/mol. The van der Waals surface area contributed by atoms with Gasteiger partial charge in [0.2, 0.25) is 0 Å². The average molecular weight is 1880 g/mol. The zero-order chi connectivity index (χ0) is 96.4. The van der Waals surface area contributed by atoms with E-state index in [1.807, 2.05) is 36.9 Å². The van der Waals surface area contributed by atoms with Gasteiger partial charge in [0.1, 0.15) is 5.65 Å². The molecule has 147 heavy (non-hydrogen) atoms. The summed E-state index contributed by atoms with van der Waals surface area (Å²) in [4.78, 5) is 14.3. The van der Waals surface area contributed by atoms with E-state index in [1.165, 1.54) is 164 Å². The van der Waals surface area contributed by atoms with E-state index >= 15 is 0 Å². The highest BCUT2D eigenvalue weighted by Gasteiger charge is 2.29. The van der Waals surface area contributed by atoms with Crippen LogP contribution >= 0.6 is 0 Å². The molecule has 0 saturated heterocycles. The fourth-order valence-corrected chi connectivity index (χ4v) is 24.1. The first-order chi connectivity index (χ1) is 73.0. The molecule has 0 bridgehead atoms. The van der Waals surface area contributed by atoms with Gasteiger partial charge in [0.15, 0.2) is 0 Å². The van der Waals surface area contributed by atoms with Crippen LogP contribution in [0.4, 0.5) is 0 Å². The quantitative estimate of drug-likeness (QED) is 0.129. The minimum Gasteiger partial charge on any atom is -0.309 e. The SMILES string of the molecule is c1ccc(-c2ccc(-n3c4ccccc4c4ccc5c(c6ccccc6n5-c5ccc6c(c5)c5cnccc5n6-c5ccccc5)c43)cc2)cc1.c1ccc(-c2ccc(-n3c4ccccc4c4ccc5c(c6ccccc6n5-c5ccc6c(c5)c5ncccc5n6-c5ccccc5)c43)cc2)cc1.c1ccc(-n2c3ccc(-n4c5ccccc5c5c4ccc4c6ccccc6n(-c6ccccc6)c45)cc3c3cccnc32)cc1. The molecule has 0 spiro atoms. The number of para-hydroxylation sites is 10. The Morgan fingerprint density at radius 2 is 0.401 bits per heavy atom. The lowest BCUT2D eigenvalue weighted by Gasteiger charge is -2.11. The Kier molecular flexibility index (Phi) is 18.8. The van der Waals surface area contributed by atoms with Gasteiger partial charge in [0.25, 0.3) is 0 Å². The number of nitrogens with zero attached hydrogens (tertiary/aromatic N) is 12. The summed E-state index contributed by atoms with van der Waals surface area (Å²) in [6.07, 6.45) is 7.66. The number of benzene rings is 20. The van der Waals surface area contributed by atoms with E-state index in [2.05, 4.69) is 531 Å². The predicted octanol–water partition coefficient (Wildman–Crippen LogP) is 34.5. The van der Waals surface area contributed by atoms with Crippen LogP contribution in [0.1, 0.15) is 0 Å². The second kappa shape index (κ2) is 33.4. The Morgan fingerprint density at radius 3 is 0.823 bits per heavy atom. The third-order valence-electron chi connectivity index (χ3n) is 30.3. The summed E-state index contributed by atoms with van der Waals surface area (Å²) in [5.41, 5.74) is 37.1. The van der Waals surface area contributed by atoms with Crippen LogP contribution in [0.2, 0.25) is 0 Å². The Bertz CT molecular complexity index is 10500. The summed E-state index contributed by atoms with van der Waals surface area (Å²) in [7, 11) is 0. The van der Waals surface area contributed by atoms with Crippen LogP contribution in [-0.2, 0) is 0 Å². The maximum absolute atomic E-state index is 4.91. The molecule has 0 aliphatic heterocycles. The zero-order valence-corrected chi connectivity index (χ0v) is 79.5. The van der Waals surface area contributed by atoms with Crippen molar-refractivity contribution in [1.29, 1.82) is 0 Å². The number of aromatic nitrogens is 12. The number of hydrogen-bond donors (Lipinski definition) is 0. The molecule has 20 aromatic carbocycles. The number of pyridine rings is 3. The van der Waals surface area contributed by atoms with E-state index < -0.39 is 0 Å². The molecule has 12 nitrogen and oxygen atoms in total. The highest BCUT2D eigenvalue weighted by Crippen LogP contribution is 2.50. The van der Waals surface area contributed by atoms with Crippen molar-refractivity contribution in [3.8, 4) is 73.4 Å². The van der Waals surface area contributed by atoms with Crippen molar-refractivity contribution < 1.29 is 0 Å². The van der Waals surface area contributed by atoms with Crippen molar-refractivity contribution in [3.63, 3.8) is 0 Å². The molecule has 32 rings (SSSR count). The molecule has 0 atom stereocenters. The van der Waals surface area contributed by atoms with Crippen molar-refractivity contribution in [2.75, 3.05) is 0 Å². The van der Waals surface area contributed by atoms with Crippen LogP contribution in [0.3, 0.4) is 0 Å². The molecule has 12 aromatic heterocycles. The number of rotatable bonds is 11. The molecule has 32 aromatic rings. The van der Waals surface area contributed by atoms with Crippen LogP contribution < -0.4 is 0 Å². The zero-order valence-electron chi connectivity index (χ0n) is 79.5. The lowest BCUT2D eigenvalue weighted by molar-refractivity contribution is 1.13. The van der Waals surface area contributed by atoms with E-state index in [-0.39, 0.29) is 0 Å². The standard InChI is InChI=1S/2C47H30N4.C41H26N4/c1-3-12-31(13-4-1)32-21-23-34(24-22-32)51-40-18-9-7-16-36(40)37-26-28-43-45(47(37)51)38-17-8-10-19-41(38)50(43)35-25-27-42-39(30-35)46-44(20-11-29-48-46)49(42)33-14-5-2-6-15-33;1-3-11-31(12-4-1)32-19-21-34(22-20-32)51-41-17-9-7-15-36(41)37-24-26-45-46(47(37)51)38-16-8-10-18-42(38)50(45)35-23-25-43-39(29-35)40-30-48-28-27-44(40)49(43)33-13-5-2-6-14-33;1-3-12-27(13-4-1)44-35-19-9-7-16-30(35)31-22-24-38-39(40(31)44)33-17-8-10-20-36(33)43(38)29-21-23-37-34(26-29)32-18-11-25-42-41(32)45(37)28-14-5-2-6-15-28/h2*1-30H;1-26H. The van der Waals surface area contributed by atoms with Crippen LogP contribution in [0.25, 0.3) is 270 Å². The molecule has 0 N–H and O–H groups in total. The molecule has 0 aliphatic carbocycles. The molecular formula is C135H86N12. The summed E-state index contributed by atoms with van der Waals surface area (Å²) < 4.78 is 21.6. The lowest BCUT2D eigenvalue weighted by Crippen LogP contribution is -1.96. The third kappa shape index (κ3) is 12.8. The summed E-state index contributed by atoms with van der Waals surface area (Å²) in [5.74, 6) is 0. The van der Waals surface area contributed by atoms with Gasteiger partial charge in [-0.2, -0.15) is 0 Å². The third-order valence-corrected chi connectivity index (χ3v) is 30.3. The van der Waals surface area contributed by atoms with Gasteiger partial charge in [0.05, 0.1) is 99.3 Å². The van der Waals surface area contributed by atoms with E-state index in [9.17, 15) is 0 Å². The maximum Gasteiger partial charge on any atom is 0.145 e.